The fourth-order valence-corrected chi connectivity index (χ4v) is 1.63. The van der Waals surface area contributed by atoms with Gasteiger partial charge in [-0.2, -0.15) is 0 Å². The number of carboxylic acid groups (broad SMARTS) is 1. The van der Waals surface area contributed by atoms with E-state index in [1.807, 2.05) is 6.92 Å². The second kappa shape index (κ2) is 6.03. The Labute approximate surface area is 109 Å². The molecule has 0 bridgehead atoms. The number of hydrogen-bond acceptors (Lipinski definition) is 6. The van der Waals surface area contributed by atoms with E-state index in [0.29, 0.717) is 24.5 Å². The largest absolute Gasteiger partial charge is 0.481 e. The first-order valence-corrected chi connectivity index (χ1v) is 6.05. The van der Waals surface area contributed by atoms with Crippen molar-refractivity contribution in [2.75, 3.05) is 0 Å². The molecule has 9 nitrogen and oxygen atoms in total. The van der Waals surface area contributed by atoms with E-state index in [-0.39, 0.29) is 6.42 Å². The summed E-state index contributed by atoms with van der Waals surface area (Å²) < 4.78 is 3.33. The molecule has 2 aromatic heterocycles. The maximum atomic E-state index is 10.5. The van der Waals surface area contributed by atoms with Crippen LogP contribution in [-0.2, 0) is 24.3 Å². The molecule has 0 aliphatic rings. The SMILES string of the molecule is CCCn1nnnc1Cn1cc(CCC(=O)O)nn1. The van der Waals surface area contributed by atoms with Gasteiger partial charge in [0.1, 0.15) is 6.54 Å². The number of aromatic nitrogens is 7. The van der Waals surface area contributed by atoms with E-state index < -0.39 is 5.97 Å². The van der Waals surface area contributed by atoms with Gasteiger partial charge >= 0.3 is 5.97 Å². The monoisotopic (exact) mass is 265 g/mol. The third kappa shape index (κ3) is 3.57. The molecule has 0 aromatic carbocycles. The summed E-state index contributed by atoms with van der Waals surface area (Å²) in [7, 11) is 0. The molecule has 0 aliphatic carbocycles. The van der Waals surface area contributed by atoms with Crippen LogP contribution in [0.5, 0.6) is 0 Å². The lowest BCUT2D eigenvalue weighted by Gasteiger charge is -2.01. The van der Waals surface area contributed by atoms with Gasteiger partial charge < -0.3 is 5.11 Å². The smallest absolute Gasteiger partial charge is 0.303 e. The van der Waals surface area contributed by atoms with Gasteiger partial charge in [0.2, 0.25) is 0 Å². The summed E-state index contributed by atoms with van der Waals surface area (Å²) in [6.45, 7) is 3.22. The molecule has 0 unspecified atom stereocenters. The van der Waals surface area contributed by atoms with Gasteiger partial charge in [-0.05, 0) is 16.8 Å². The van der Waals surface area contributed by atoms with Crippen LogP contribution in [0.3, 0.4) is 0 Å². The van der Waals surface area contributed by atoms with Crippen LogP contribution < -0.4 is 0 Å². The summed E-state index contributed by atoms with van der Waals surface area (Å²) >= 11 is 0. The molecule has 0 atom stereocenters. The van der Waals surface area contributed by atoms with Gasteiger partial charge in [0.05, 0.1) is 12.1 Å². The molecule has 2 heterocycles. The van der Waals surface area contributed by atoms with Crippen molar-refractivity contribution in [1.82, 2.24) is 35.2 Å². The zero-order chi connectivity index (χ0) is 13.7. The third-order valence-electron chi connectivity index (χ3n) is 2.53. The number of tetrazole rings is 1. The minimum Gasteiger partial charge on any atom is -0.481 e. The van der Waals surface area contributed by atoms with Crippen molar-refractivity contribution in [2.24, 2.45) is 0 Å². The molecule has 0 amide bonds. The predicted octanol–water partition coefficient (Wildman–Crippen LogP) is -0.260. The first kappa shape index (κ1) is 13.1. The number of hydrogen-bond donors (Lipinski definition) is 1. The Morgan fingerprint density at radius 1 is 1.37 bits per heavy atom. The van der Waals surface area contributed by atoms with E-state index in [1.165, 1.54) is 0 Å². The van der Waals surface area contributed by atoms with Gasteiger partial charge in [0.15, 0.2) is 5.82 Å². The summed E-state index contributed by atoms with van der Waals surface area (Å²) in [4.78, 5) is 10.5. The molecular weight excluding hydrogens is 250 g/mol. The van der Waals surface area contributed by atoms with Crippen LogP contribution in [0, 0.1) is 0 Å². The molecule has 0 aliphatic heterocycles. The molecule has 0 radical (unpaired) electrons. The Balaban J connectivity index is 1.99. The molecule has 0 saturated heterocycles. The van der Waals surface area contributed by atoms with E-state index in [0.717, 1.165) is 13.0 Å². The fourth-order valence-electron chi connectivity index (χ4n) is 1.63. The molecule has 19 heavy (non-hydrogen) atoms. The first-order valence-electron chi connectivity index (χ1n) is 6.05. The minimum atomic E-state index is -0.846. The Bertz CT molecular complexity index is 548. The maximum absolute atomic E-state index is 10.5. The lowest BCUT2D eigenvalue weighted by molar-refractivity contribution is -0.136. The van der Waals surface area contributed by atoms with E-state index in [2.05, 4.69) is 25.8 Å². The minimum absolute atomic E-state index is 0.0479. The highest BCUT2D eigenvalue weighted by molar-refractivity contribution is 5.66. The molecule has 102 valence electrons. The number of aliphatic carboxylic acids is 1. The summed E-state index contributed by atoms with van der Waals surface area (Å²) in [5.41, 5.74) is 0.650. The standard InChI is InChI=1S/C10H15N7O2/c1-2-5-17-9(12-13-15-17)7-16-6-8(11-14-16)3-4-10(18)19/h6H,2-5,7H2,1H3,(H,18,19). The fraction of sp³-hybridized carbons (Fsp3) is 0.600. The van der Waals surface area contributed by atoms with Gasteiger partial charge in [-0.1, -0.05) is 12.1 Å². The number of rotatable bonds is 7. The Morgan fingerprint density at radius 3 is 2.95 bits per heavy atom. The number of aryl methyl sites for hydroxylation is 2. The van der Waals surface area contributed by atoms with E-state index in [1.54, 1.807) is 15.6 Å². The second-order valence-corrected chi connectivity index (χ2v) is 4.12. The first-order chi connectivity index (χ1) is 9.19. The average molecular weight is 265 g/mol. The van der Waals surface area contributed by atoms with Crippen molar-refractivity contribution in [3.8, 4) is 0 Å². The van der Waals surface area contributed by atoms with Crippen LogP contribution in [0.15, 0.2) is 6.20 Å². The van der Waals surface area contributed by atoms with Crippen molar-refractivity contribution in [2.45, 2.75) is 39.3 Å². The topological polar surface area (TPSA) is 112 Å². The van der Waals surface area contributed by atoms with Gasteiger partial charge in [-0.25, -0.2) is 9.36 Å². The van der Waals surface area contributed by atoms with Gasteiger partial charge in [-0.3, -0.25) is 4.79 Å². The van der Waals surface area contributed by atoms with Gasteiger partial charge in [0, 0.05) is 19.2 Å². The van der Waals surface area contributed by atoms with Crippen LogP contribution in [-0.4, -0.2) is 46.3 Å². The average Bonchev–Trinajstić information content (AvgIpc) is 2.98. The molecular formula is C10H15N7O2. The van der Waals surface area contributed by atoms with Crippen LogP contribution in [0.4, 0.5) is 0 Å². The lowest BCUT2D eigenvalue weighted by atomic mass is 10.2. The van der Waals surface area contributed by atoms with Crippen LogP contribution in [0.25, 0.3) is 0 Å². The summed E-state index contributed by atoms with van der Waals surface area (Å²) in [5.74, 6) is -0.141. The molecule has 9 heteroatoms. The van der Waals surface area contributed by atoms with Crippen LogP contribution in [0.2, 0.25) is 0 Å². The highest BCUT2D eigenvalue weighted by Gasteiger charge is 2.09. The zero-order valence-electron chi connectivity index (χ0n) is 10.6. The van der Waals surface area contributed by atoms with Crippen LogP contribution in [0.1, 0.15) is 31.3 Å². The molecule has 1 N–H and O–H groups in total. The lowest BCUT2D eigenvalue weighted by Crippen LogP contribution is -2.10. The van der Waals surface area contributed by atoms with Crippen LogP contribution >= 0.6 is 0 Å². The van der Waals surface area contributed by atoms with Gasteiger partial charge in [0.25, 0.3) is 0 Å². The van der Waals surface area contributed by atoms with Crippen molar-refractivity contribution >= 4 is 5.97 Å². The Morgan fingerprint density at radius 2 is 2.21 bits per heavy atom. The molecule has 0 saturated carbocycles. The Kier molecular flexibility index (Phi) is 4.16. The van der Waals surface area contributed by atoms with Crippen molar-refractivity contribution < 1.29 is 9.90 Å². The van der Waals surface area contributed by atoms with E-state index >= 15 is 0 Å². The normalized spacial score (nSPS) is 10.8. The van der Waals surface area contributed by atoms with Crippen molar-refractivity contribution in [3.05, 3.63) is 17.7 Å². The maximum Gasteiger partial charge on any atom is 0.303 e. The Hall–Kier alpha value is -2.32. The number of carboxylic acids is 1. The predicted molar refractivity (Wildman–Crippen MR) is 63.2 cm³/mol. The summed E-state index contributed by atoms with van der Waals surface area (Å²) in [6.07, 6.45) is 3.08. The number of carbonyl (C=O) groups is 1. The molecule has 0 fully saturated rings. The van der Waals surface area contributed by atoms with Crippen molar-refractivity contribution in [1.29, 1.82) is 0 Å². The number of nitrogens with zero attached hydrogens (tertiary/aromatic N) is 7. The molecule has 2 rings (SSSR count). The zero-order valence-corrected chi connectivity index (χ0v) is 10.6. The summed E-state index contributed by atoms with van der Waals surface area (Å²) in [6, 6.07) is 0. The summed E-state index contributed by atoms with van der Waals surface area (Å²) in [5, 5.41) is 27.9. The molecule has 0 spiro atoms. The second-order valence-electron chi connectivity index (χ2n) is 4.12. The van der Waals surface area contributed by atoms with Gasteiger partial charge in [-0.15, -0.1) is 10.2 Å². The molecule has 2 aromatic rings. The quantitative estimate of drug-likeness (QED) is 0.733. The third-order valence-corrected chi connectivity index (χ3v) is 2.53. The van der Waals surface area contributed by atoms with Crippen molar-refractivity contribution in [3.63, 3.8) is 0 Å². The van der Waals surface area contributed by atoms with E-state index in [4.69, 9.17) is 5.11 Å². The van der Waals surface area contributed by atoms with E-state index in [9.17, 15) is 4.79 Å². The highest BCUT2D eigenvalue weighted by Crippen LogP contribution is 2.01. The highest BCUT2D eigenvalue weighted by atomic mass is 16.4.